The quantitative estimate of drug-likeness (QED) is 0.0485. The molecule has 0 heterocycles. The maximum atomic E-state index is 12.4. The highest BCUT2D eigenvalue weighted by atomic mass is 16.6. The molecule has 0 aliphatic heterocycles. The van der Waals surface area contributed by atoms with Crippen molar-refractivity contribution in [2.45, 2.75) is 431 Å². The van der Waals surface area contributed by atoms with E-state index in [-0.39, 0.29) is 25.2 Å². The van der Waals surface area contributed by atoms with Gasteiger partial charge in [0.05, 0.1) is 6.61 Å². The molecule has 0 aliphatic carbocycles. The molecule has 0 aromatic heterocycles. The largest absolute Gasteiger partial charge is 0.462 e. The summed E-state index contributed by atoms with van der Waals surface area (Å²) in [5.74, 6) is -0.559. The lowest BCUT2D eigenvalue weighted by molar-refractivity contribution is -0.161. The van der Waals surface area contributed by atoms with E-state index >= 15 is 0 Å². The molecule has 0 saturated heterocycles. The standard InChI is InChI=1S/C71H140O5/c1-3-5-7-9-11-13-15-17-19-21-23-25-27-28-29-30-31-32-33-34-35-36-37-38-39-40-41-42-43-44-46-48-50-52-54-56-58-60-62-64-66-71(74)76-69(67-72)68-75-70(73)65-63-61-59-57-55-53-51-49-47-45-26-24-22-20-18-16-14-12-10-8-6-4-2/h69,72H,3-68H2,1-2H3. The zero-order valence-electron chi connectivity index (χ0n) is 52.3. The number of ether oxygens (including phenoxy) is 2. The fourth-order valence-corrected chi connectivity index (χ4v) is 11.6. The van der Waals surface area contributed by atoms with E-state index in [4.69, 9.17) is 9.47 Å². The van der Waals surface area contributed by atoms with Crippen LogP contribution in [0, 0.1) is 0 Å². The van der Waals surface area contributed by atoms with Crippen molar-refractivity contribution in [3.05, 3.63) is 0 Å². The Morgan fingerprint density at radius 3 is 0.579 bits per heavy atom. The first-order valence-corrected chi connectivity index (χ1v) is 35.6. The molecule has 0 aromatic rings. The van der Waals surface area contributed by atoms with E-state index in [1.165, 1.54) is 366 Å². The van der Waals surface area contributed by atoms with Gasteiger partial charge in [0.25, 0.3) is 0 Å². The van der Waals surface area contributed by atoms with Crippen molar-refractivity contribution in [3.63, 3.8) is 0 Å². The van der Waals surface area contributed by atoms with Crippen molar-refractivity contribution in [1.82, 2.24) is 0 Å². The number of aliphatic hydroxyl groups is 1. The number of carbonyl (C=O) groups excluding carboxylic acids is 2. The van der Waals surface area contributed by atoms with Crippen LogP contribution in [0.3, 0.4) is 0 Å². The predicted octanol–water partition coefficient (Wildman–Crippen LogP) is 24.4. The molecular weight excluding hydrogens is 933 g/mol. The van der Waals surface area contributed by atoms with Gasteiger partial charge in [0.2, 0.25) is 0 Å². The van der Waals surface area contributed by atoms with Gasteiger partial charge in [0, 0.05) is 12.8 Å². The number of esters is 2. The molecular formula is C71H140O5. The lowest BCUT2D eigenvalue weighted by Crippen LogP contribution is -2.28. The minimum absolute atomic E-state index is 0.0554. The maximum absolute atomic E-state index is 12.4. The van der Waals surface area contributed by atoms with Crippen LogP contribution in [0.25, 0.3) is 0 Å². The van der Waals surface area contributed by atoms with Gasteiger partial charge in [-0.3, -0.25) is 9.59 Å². The van der Waals surface area contributed by atoms with Gasteiger partial charge in [0.15, 0.2) is 6.10 Å². The summed E-state index contributed by atoms with van der Waals surface area (Å²) in [6.07, 6.45) is 85.9. The van der Waals surface area contributed by atoms with E-state index in [0.29, 0.717) is 12.8 Å². The Hall–Kier alpha value is -1.10. The van der Waals surface area contributed by atoms with E-state index in [1.54, 1.807) is 0 Å². The van der Waals surface area contributed by atoms with Crippen LogP contribution in [-0.2, 0) is 19.1 Å². The summed E-state index contributed by atoms with van der Waals surface area (Å²) in [6.45, 7) is 4.22. The van der Waals surface area contributed by atoms with Crippen molar-refractivity contribution in [1.29, 1.82) is 0 Å². The minimum atomic E-state index is -0.765. The molecule has 0 fully saturated rings. The van der Waals surface area contributed by atoms with Gasteiger partial charge in [-0.15, -0.1) is 0 Å². The first-order chi connectivity index (χ1) is 37.6. The normalized spacial score (nSPS) is 12.0. The Morgan fingerprint density at radius 2 is 0.408 bits per heavy atom. The van der Waals surface area contributed by atoms with E-state index in [2.05, 4.69) is 13.8 Å². The molecule has 1 N–H and O–H groups in total. The summed E-state index contributed by atoms with van der Waals surface area (Å²) in [5, 5.41) is 9.69. The number of aliphatic hydroxyl groups excluding tert-OH is 1. The molecule has 0 bridgehead atoms. The van der Waals surface area contributed by atoms with Gasteiger partial charge in [-0.25, -0.2) is 0 Å². The molecule has 0 radical (unpaired) electrons. The summed E-state index contributed by atoms with van der Waals surface area (Å²) < 4.78 is 10.8. The molecule has 0 saturated carbocycles. The second kappa shape index (κ2) is 68.2. The minimum Gasteiger partial charge on any atom is -0.462 e. The molecule has 1 atom stereocenters. The molecule has 1 unspecified atom stereocenters. The van der Waals surface area contributed by atoms with Crippen LogP contribution >= 0.6 is 0 Å². The Labute approximate surface area is 478 Å². The number of rotatable bonds is 68. The van der Waals surface area contributed by atoms with Crippen LogP contribution in [0.4, 0.5) is 0 Å². The maximum Gasteiger partial charge on any atom is 0.306 e. The first-order valence-electron chi connectivity index (χ1n) is 35.6. The zero-order chi connectivity index (χ0) is 54.8. The molecule has 0 rings (SSSR count). The summed E-state index contributed by atoms with van der Waals surface area (Å²) in [6, 6.07) is 0. The molecule has 0 spiro atoms. The van der Waals surface area contributed by atoms with Crippen LogP contribution in [0.5, 0.6) is 0 Å². The fourth-order valence-electron chi connectivity index (χ4n) is 11.6. The van der Waals surface area contributed by atoms with E-state index < -0.39 is 6.10 Å². The highest BCUT2D eigenvalue weighted by Gasteiger charge is 2.16. The average Bonchev–Trinajstić information content (AvgIpc) is 3.42. The van der Waals surface area contributed by atoms with Crippen molar-refractivity contribution in [3.8, 4) is 0 Å². The Kier molecular flexibility index (Phi) is 67.2. The smallest absolute Gasteiger partial charge is 0.306 e. The SMILES string of the molecule is CCCCCCCCCCCCCCCCCCCCCCCCCCCCCCCCCCCCCCCCCCC(=O)OC(CO)COC(=O)CCCCCCCCCCCCCCCCCCCCCCCC. The number of hydrogen-bond acceptors (Lipinski definition) is 5. The molecule has 454 valence electrons. The Balaban J connectivity index is 3.32. The third kappa shape index (κ3) is 65.4. The van der Waals surface area contributed by atoms with Crippen LogP contribution in [0.2, 0.25) is 0 Å². The van der Waals surface area contributed by atoms with Crippen LogP contribution in [0.15, 0.2) is 0 Å². The highest BCUT2D eigenvalue weighted by Crippen LogP contribution is 2.20. The predicted molar refractivity (Wildman–Crippen MR) is 335 cm³/mol. The highest BCUT2D eigenvalue weighted by molar-refractivity contribution is 5.70. The third-order valence-corrected chi connectivity index (χ3v) is 16.9. The van der Waals surface area contributed by atoms with Gasteiger partial charge < -0.3 is 14.6 Å². The molecule has 5 heteroatoms. The van der Waals surface area contributed by atoms with Crippen molar-refractivity contribution in [2.24, 2.45) is 0 Å². The van der Waals surface area contributed by atoms with Crippen molar-refractivity contribution in [2.75, 3.05) is 13.2 Å². The van der Waals surface area contributed by atoms with Gasteiger partial charge in [-0.05, 0) is 12.8 Å². The molecule has 5 nitrogen and oxygen atoms in total. The number of hydrogen-bond donors (Lipinski definition) is 1. The topological polar surface area (TPSA) is 72.8 Å². The zero-order valence-corrected chi connectivity index (χ0v) is 52.3. The number of carbonyl (C=O) groups is 2. The van der Waals surface area contributed by atoms with Crippen LogP contribution in [0.1, 0.15) is 425 Å². The van der Waals surface area contributed by atoms with Gasteiger partial charge in [-0.2, -0.15) is 0 Å². The van der Waals surface area contributed by atoms with Crippen molar-refractivity contribution >= 4 is 11.9 Å². The fraction of sp³-hybridized carbons (Fsp3) is 0.972. The second-order valence-corrected chi connectivity index (χ2v) is 24.7. The Morgan fingerprint density at radius 1 is 0.250 bits per heavy atom. The number of unbranched alkanes of at least 4 members (excludes halogenated alkanes) is 60. The monoisotopic (exact) mass is 1070 g/mol. The molecule has 76 heavy (non-hydrogen) atoms. The van der Waals surface area contributed by atoms with Crippen LogP contribution in [-0.4, -0.2) is 36.4 Å². The molecule has 0 amide bonds. The van der Waals surface area contributed by atoms with E-state index in [1.807, 2.05) is 0 Å². The summed E-state index contributed by atoms with van der Waals surface area (Å²) in [4.78, 5) is 24.6. The van der Waals surface area contributed by atoms with E-state index in [9.17, 15) is 14.7 Å². The average molecular weight is 1070 g/mol. The van der Waals surface area contributed by atoms with Gasteiger partial charge in [-0.1, -0.05) is 399 Å². The van der Waals surface area contributed by atoms with Crippen LogP contribution < -0.4 is 0 Å². The lowest BCUT2D eigenvalue weighted by atomic mass is 10.0. The van der Waals surface area contributed by atoms with Crippen molar-refractivity contribution < 1.29 is 24.2 Å². The summed E-state index contributed by atoms with van der Waals surface area (Å²) in [5.41, 5.74) is 0. The molecule has 0 aromatic carbocycles. The third-order valence-electron chi connectivity index (χ3n) is 16.9. The summed E-state index contributed by atoms with van der Waals surface area (Å²) in [7, 11) is 0. The Bertz CT molecular complexity index is 1080. The first kappa shape index (κ1) is 74.9. The molecule has 0 aliphatic rings. The lowest BCUT2D eigenvalue weighted by Gasteiger charge is -2.15. The van der Waals surface area contributed by atoms with Gasteiger partial charge in [0.1, 0.15) is 6.61 Å². The van der Waals surface area contributed by atoms with E-state index in [0.717, 1.165) is 32.1 Å². The van der Waals surface area contributed by atoms with Gasteiger partial charge >= 0.3 is 11.9 Å². The second-order valence-electron chi connectivity index (χ2n) is 24.7. The summed E-state index contributed by atoms with van der Waals surface area (Å²) >= 11 is 0.